The summed E-state index contributed by atoms with van der Waals surface area (Å²) in [4.78, 5) is 27.5. The summed E-state index contributed by atoms with van der Waals surface area (Å²) in [6.07, 6.45) is 3.10. The summed E-state index contributed by atoms with van der Waals surface area (Å²) >= 11 is 1.56. The molecule has 2 aliphatic rings. The standard InChI is InChI=1S/C25H28N2O3S/c1-18-7-8-21(16-22(18)26-24(28)23-17-31-14-13-30-23)25(29)27-11-9-20(10-12-27)15-19-5-3-2-4-6-19/h2-8,16-17,20H,9-15H2,1H3,(H,26,28). The van der Waals surface area contributed by atoms with Gasteiger partial charge in [-0.25, -0.2) is 0 Å². The highest BCUT2D eigenvalue weighted by Crippen LogP contribution is 2.25. The minimum absolute atomic E-state index is 0.0253. The number of anilines is 1. The first-order chi connectivity index (χ1) is 15.1. The lowest BCUT2D eigenvalue weighted by Gasteiger charge is -2.32. The Bertz CT molecular complexity index is 966. The van der Waals surface area contributed by atoms with Crippen molar-refractivity contribution in [3.8, 4) is 0 Å². The van der Waals surface area contributed by atoms with Crippen molar-refractivity contribution in [2.75, 3.05) is 30.8 Å². The van der Waals surface area contributed by atoms with Crippen LogP contribution < -0.4 is 5.32 Å². The molecule has 0 saturated carbocycles. The van der Waals surface area contributed by atoms with E-state index in [9.17, 15) is 9.59 Å². The summed E-state index contributed by atoms with van der Waals surface area (Å²) in [7, 11) is 0. The van der Waals surface area contributed by atoms with E-state index < -0.39 is 0 Å². The maximum Gasteiger partial charge on any atom is 0.291 e. The highest BCUT2D eigenvalue weighted by atomic mass is 32.2. The van der Waals surface area contributed by atoms with E-state index >= 15 is 0 Å². The monoisotopic (exact) mass is 436 g/mol. The first-order valence-corrected chi connectivity index (χ1v) is 11.8. The van der Waals surface area contributed by atoms with E-state index in [0.717, 1.165) is 43.7 Å². The Hall–Kier alpha value is -2.73. The van der Waals surface area contributed by atoms with Crippen LogP contribution in [0.3, 0.4) is 0 Å². The fourth-order valence-electron chi connectivity index (χ4n) is 4.03. The predicted molar refractivity (Wildman–Crippen MR) is 125 cm³/mol. The second-order valence-corrected chi connectivity index (χ2v) is 9.09. The van der Waals surface area contributed by atoms with E-state index in [2.05, 4.69) is 29.6 Å². The van der Waals surface area contributed by atoms with Crippen molar-refractivity contribution in [1.29, 1.82) is 0 Å². The maximum atomic E-state index is 13.1. The third-order valence-electron chi connectivity index (χ3n) is 5.87. The largest absolute Gasteiger partial charge is 0.487 e. The summed E-state index contributed by atoms with van der Waals surface area (Å²) < 4.78 is 5.43. The molecule has 1 fully saturated rings. The zero-order valence-corrected chi connectivity index (χ0v) is 18.6. The second-order valence-electron chi connectivity index (χ2n) is 8.11. The lowest BCUT2D eigenvalue weighted by molar-refractivity contribution is -0.116. The van der Waals surface area contributed by atoms with Crippen LogP contribution >= 0.6 is 11.8 Å². The molecule has 0 atom stereocenters. The van der Waals surface area contributed by atoms with Gasteiger partial charge in [-0.3, -0.25) is 9.59 Å². The van der Waals surface area contributed by atoms with Crippen molar-refractivity contribution in [2.24, 2.45) is 5.92 Å². The van der Waals surface area contributed by atoms with Crippen LogP contribution in [0.4, 0.5) is 5.69 Å². The zero-order valence-electron chi connectivity index (χ0n) is 17.8. The third kappa shape index (κ3) is 5.50. The number of carbonyl (C=O) groups is 2. The molecule has 5 nitrogen and oxygen atoms in total. The number of amides is 2. The van der Waals surface area contributed by atoms with Crippen molar-refractivity contribution in [1.82, 2.24) is 4.90 Å². The van der Waals surface area contributed by atoms with Gasteiger partial charge in [0.25, 0.3) is 11.8 Å². The molecule has 2 aliphatic heterocycles. The number of hydrogen-bond donors (Lipinski definition) is 1. The lowest BCUT2D eigenvalue weighted by Crippen LogP contribution is -2.39. The molecule has 2 aromatic carbocycles. The average Bonchev–Trinajstić information content (AvgIpc) is 2.82. The fraction of sp³-hybridized carbons (Fsp3) is 0.360. The number of piperidine rings is 1. The van der Waals surface area contributed by atoms with E-state index in [4.69, 9.17) is 4.74 Å². The van der Waals surface area contributed by atoms with Crippen LogP contribution in [0.1, 0.15) is 34.3 Å². The Morgan fingerprint density at radius 2 is 1.90 bits per heavy atom. The Morgan fingerprint density at radius 1 is 1.13 bits per heavy atom. The molecule has 1 N–H and O–H groups in total. The minimum Gasteiger partial charge on any atom is -0.487 e. The summed E-state index contributed by atoms with van der Waals surface area (Å²) in [5, 5.41) is 4.64. The quantitative estimate of drug-likeness (QED) is 0.742. The number of nitrogens with one attached hydrogen (secondary N) is 1. The molecule has 162 valence electrons. The number of thioether (sulfide) groups is 1. The van der Waals surface area contributed by atoms with Gasteiger partial charge in [0.2, 0.25) is 0 Å². The van der Waals surface area contributed by atoms with Gasteiger partial charge in [0.15, 0.2) is 5.76 Å². The molecule has 2 aromatic rings. The second kappa shape index (κ2) is 10.1. The smallest absolute Gasteiger partial charge is 0.291 e. The Kier molecular flexibility index (Phi) is 6.97. The topological polar surface area (TPSA) is 58.6 Å². The van der Waals surface area contributed by atoms with Gasteiger partial charge in [0.1, 0.15) is 0 Å². The molecular formula is C25H28N2O3S. The van der Waals surface area contributed by atoms with Gasteiger partial charge >= 0.3 is 0 Å². The molecule has 0 radical (unpaired) electrons. The van der Waals surface area contributed by atoms with Crippen LogP contribution in [-0.4, -0.2) is 42.2 Å². The van der Waals surface area contributed by atoms with Crippen molar-refractivity contribution in [2.45, 2.75) is 26.2 Å². The Labute approximate surface area is 187 Å². The molecule has 6 heteroatoms. The minimum atomic E-state index is -0.276. The molecule has 4 rings (SSSR count). The van der Waals surface area contributed by atoms with Crippen LogP contribution in [0.15, 0.2) is 59.7 Å². The molecule has 0 aromatic heterocycles. The van der Waals surface area contributed by atoms with Gasteiger partial charge in [-0.1, -0.05) is 36.4 Å². The van der Waals surface area contributed by atoms with Crippen LogP contribution in [0, 0.1) is 12.8 Å². The van der Waals surface area contributed by atoms with Gasteiger partial charge in [-0.2, -0.15) is 0 Å². The summed E-state index contributed by atoms with van der Waals surface area (Å²) in [6, 6.07) is 16.1. The van der Waals surface area contributed by atoms with Gasteiger partial charge < -0.3 is 15.0 Å². The van der Waals surface area contributed by atoms with Gasteiger partial charge in [0, 0.05) is 35.5 Å². The number of hydrogen-bond acceptors (Lipinski definition) is 4. The first kappa shape index (κ1) is 21.5. The van der Waals surface area contributed by atoms with E-state index in [1.54, 1.807) is 23.2 Å². The lowest BCUT2D eigenvalue weighted by atomic mass is 9.90. The average molecular weight is 437 g/mol. The SMILES string of the molecule is Cc1ccc(C(=O)N2CCC(Cc3ccccc3)CC2)cc1NC(=O)C1=CSCCO1. The molecule has 0 spiro atoms. The highest BCUT2D eigenvalue weighted by molar-refractivity contribution is 8.02. The summed E-state index contributed by atoms with van der Waals surface area (Å²) in [5.41, 5.74) is 3.53. The molecule has 0 unspecified atom stereocenters. The number of likely N-dealkylation sites (tertiary alicyclic amines) is 1. The molecule has 31 heavy (non-hydrogen) atoms. The number of benzene rings is 2. The van der Waals surface area contributed by atoms with Gasteiger partial charge in [0.05, 0.1) is 6.61 Å². The molecule has 2 heterocycles. The normalized spacial score (nSPS) is 16.9. The Balaban J connectivity index is 1.37. The first-order valence-electron chi connectivity index (χ1n) is 10.8. The molecule has 2 amide bonds. The number of ether oxygens (including phenoxy) is 1. The van der Waals surface area contributed by atoms with Crippen molar-refractivity contribution in [3.05, 3.63) is 76.4 Å². The summed E-state index contributed by atoms with van der Waals surface area (Å²) in [5.74, 6) is 1.54. The predicted octanol–water partition coefficient (Wildman–Crippen LogP) is 4.63. The fourth-order valence-corrected chi connectivity index (χ4v) is 4.66. The number of nitrogens with zero attached hydrogens (tertiary/aromatic N) is 1. The molecule has 0 bridgehead atoms. The van der Waals surface area contributed by atoms with Crippen LogP contribution in [-0.2, 0) is 16.0 Å². The van der Waals surface area contributed by atoms with Crippen molar-refractivity contribution < 1.29 is 14.3 Å². The number of aryl methyl sites for hydroxylation is 1. The molecular weight excluding hydrogens is 408 g/mol. The zero-order chi connectivity index (χ0) is 21.6. The number of carbonyl (C=O) groups excluding carboxylic acids is 2. The highest BCUT2D eigenvalue weighted by Gasteiger charge is 2.24. The Morgan fingerprint density at radius 3 is 2.61 bits per heavy atom. The molecule has 1 saturated heterocycles. The van der Waals surface area contributed by atoms with Gasteiger partial charge in [-0.15, -0.1) is 11.8 Å². The molecule has 0 aliphatic carbocycles. The van der Waals surface area contributed by atoms with E-state index in [1.165, 1.54) is 5.56 Å². The summed E-state index contributed by atoms with van der Waals surface area (Å²) in [6.45, 7) is 3.99. The van der Waals surface area contributed by atoms with Crippen LogP contribution in [0.25, 0.3) is 0 Å². The third-order valence-corrected chi connectivity index (χ3v) is 6.66. The maximum absolute atomic E-state index is 13.1. The van der Waals surface area contributed by atoms with E-state index in [-0.39, 0.29) is 11.8 Å². The van der Waals surface area contributed by atoms with Crippen LogP contribution in [0.5, 0.6) is 0 Å². The van der Waals surface area contributed by atoms with E-state index in [0.29, 0.717) is 29.5 Å². The van der Waals surface area contributed by atoms with E-state index in [1.807, 2.05) is 30.0 Å². The van der Waals surface area contributed by atoms with Crippen molar-refractivity contribution >= 4 is 29.3 Å². The van der Waals surface area contributed by atoms with Crippen molar-refractivity contribution in [3.63, 3.8) is 0 Å². The van der Waals surface area contributed by atoms with Gasteiger partial charge in [-0.05, 0) is 55.4 Å². The number of rotatable bonds is 5. The van der Waals surface area contributed by atoms with Crippen LogP contribution in [0.2, 0.25) is 0 Å².